The van der Waals surface area contributed by atoms with E-state index in [4.69, 9.17) is 10.00 Å². The Morgan fingerprint density at radius 3 is 2.73 bits per heavy atom. The first-order valence-corrected chi connectivity index (χ1v) is 10.1. The number of halogens is 2. The number of nitriles is 1. The summed E-state index contributed by atoms with van der Waals surface area (Å²) in [6, 6.07) is 12.4. The number of hydrogen-bond donors (Lipinski definition) is 2. The van der Waals surface area contributed by atoms with Crippen molar-refractivity contribution in [1.29, 1.82) is 5.26 Å². The van der Waals surface area contributed by atoms with Crippen LogP contribution in [0.2, 0.25) is 0 Å². The lowest BCUT2D eigenvalue weighted by molar-refractivity contribution is 0.102. The van der Waals surface area contributed by atoms with E-state index in [1.165, 1.54) is 24.3 Å². The Morgan fingerprint density at radius 1 is 1.15 bits per heavy atom. The van der Waals surface area contributed by atoms with Crippen LogP contribution in [0.3, 0.4) is 0 Å². The van der Waals surface area contributed by atoms with E-state index in [2.05, 4.69) is 15.6 Å². The fourth-order valence-electron chi connectivity index (χ4n) is 3.77. The number of carbonyl (C=O) groups excluding carboxylic acids is 2. The van der Waals surface area contributed by atoms with Crippen LogP contribution in [-0.4, -0.2) is 17.0 Å². The summed E-state index contributed by atoms with van der Waals surface area (Å²) in [5.74, 6) is -1.76. The predicted octanol–water partition coefficient (Wildman–Crippen LogP) is 4.40. The third kappa shape index (κ3) is 4.80. The van der Waals surface area contributed by atoms with Crippen LogP contribution in [0, 0.1) is 23.0 Å². The highest BCUT2D eigenvalue weighted by Crippen LogP contribution is 2.36. The molecule has 0 unspecified atom stereocenters. The molecule has 7 nitrogen and oxygen atoms in total. The maximum Gasteiger partial charge on any atom is 0.408 e. The third-order valence-electron chi connectivity index (χ3n) is 5.29. The second kappa shape index (κ2) is 9.44. The molecule has 0 saturated heterocycles. The molecular weight excluding hydrogens is 430 g/mol. The molecule has 0 spiro atoms. The van der Waals surface area contributed by atoms with E-state index in [0.29, 0.717) is 24.1 Å². The first-order chi connectivity index (χ1) is 16.0. The monoisotopic (exact) mass is 448 g/mol. The lowest BCUT2D eigenvalue weighted by Crippen LogP contribution is -2.28. The predicted molar refractivity (Wildman–Crippen MR) is 114 cm³/mol. The number of alkyl carbamates (subject to hydrolysis) is 1. The summed E-state index contributed by atoms with van der Waals surface area (Å²) in [6.45, 7) is -0.0282. The van der Waals surface area contributed by atoms with Gasteiger partial charge in [-0.25, -0.2) is 13.6 Å². The number of nitrogens with one attached hydrogen (secondary N) is 2. The average Bonchev–Trinajstić information content (AvgIpc) is 3.24. The first-order valence-electron chi connectivity index (χ1n) is 10.1. The van der Waals surface area contributed by atoms with Gasteiger partial charge in [0.2, 0.25) is 0 Å². The van der Waals surface area contributed by atoms with Crippen molar-refractivity contribution in [2.75, 3.05) is 5.32 Å². The number of fused-ring (bicyclic) bond motifs is 1. The van der Waals surface area contributed by atoms with Crippen LogP contribution >= 0.6 is 0 Å². The summed E-state index contributed by atoms with van der Waals surface area (Å²) in [7, 11) is 0. The molecular formula is C24H18F2N4O3. The quantitative estimate of drug-likeness (QED) is 0.602. The first kappa shape index (κ1) is 21.9. The van der Waals surface area contributed by atoms with E-state index in [9.17, 15) is 18.4 Å². The fraction of sp³-hybridized carbons (Fsp3) is 0.167. The number of pyridine rings is 1. The Kier molecular flexibility index (Phi) is 6.26. The highest BCUT2D eigenvalue weighted by Gasteiger charge is 2.31. The molecule has 2 N–H and O–H groups in total. The van der Waals surface area contributed by atoms with Gasteiger partial charge >= 0.3 is 6.09 Å². The number of benzene rings is 2. The summed E-state index contributed by atoms with van der Waals surface area (Å²) in [5, 5.41) is 14.2. The zero-order valence-electron chi connectivity index (χ0n) is 17.3. The molecule has 1 aromatic heterocycles. The number of hydrogen-bond acceptors (Lipinski definition) is 5. The Labute approximate surface area is 188 Å². The number of amides is 2. The lowest BCUT2D eigenvalue weighted by atomic mass is 10.0. The van der Waals surface area contributed by atoms with Crippen molar-refractivity contribution < 1.29 is 23.1 Å². The molecule has 0 bridgehead atoms. The molecule has 0 saturated carbocycles. The standard InChI is InChI=1S/C24H18F2N4O3/c25-19-7-4-15(11-14(19)12-27)29-23(31)18-5-8-20(26)22-17(18)6-9-21(22)30-24(32)33-13-16-3-1-2-10-28-16/h1-5,7-8,10-11,21H,6,9,13H2,(H,29,31)(H,30,32)/t21-/m0/s1. The van der Waals surface area contributed by atoms with Gasteiger partial charge in [0.15, 0.2) is 0 Å². The van der Waals surface area contributed by atoms with Gasteiger partial charge in [0.05, 0.1) is 17.3 Å². The Hall–Kier alpha value is -4.32. The van der Waals surface area contributed by atoms with Crippen LogP contribution < -0.4 is 10.6 Å². The van der Waals surface area contributed by atoms with Crippen molar-refractivity contribution in [3.8, 4) is 6.07 Å². The van der Waals surface area contributed by atoms with Crippen molar-refractivity contribution in [2.24, 2.45) is 0 Å². The normalized spacial score (nSPS) is 14.2. The maximum absolute atomic E-state index is 14.6. The summed E-state index contributed by atoms with van der Waals surface area (Å²) >= 11 is 0. The Balaban J connectivity index is 1.48. The molecule has 1 heterocycles. The van der Waals surface area contributed by atoms with Gasteiger partial charge in [-0.2, -0.15) is 5.26 Å². The zero-order valence-corrected chi connectivity index (χ0v) is 17.3. The van der Waals surface area contributed by atoms with Crippen LogP contribution in [0.5, 0.6) is 0 Å². The molecule has 4 rings (SSSR count). The third-order valence-corrected chi connectivity index (χ3v) is 5.29. The molecule has 1 aliphatic carbocycles. The van der Waals surface area contributed by atoms with Gasteiger partial charge in [0.25, 0.3) is 5.91 Å². The molecule has 166 valence electrons. The number of rotatable bonds is 5. The van der Waals surface area contributed by atoms with Crippen LogP contribution in [0.4, 0.5) is 19.3 Å². The van der Waals surface area contributed by atoms with E-state index in [1.54, 1.807) is 30.5 Å². The van der Waals surface area contributed by atoms with E-state index in [-0.39, 0.29) is 29.0 Å². The lowest BCUT2D eigenvalue weighted by Gasteiger charge is -2.16. The molecule has 0 fully saturated rings. The van der Waals surface area contributed by atoms with E-state index in [1.807, 2.05) is 0 Å². The van der Waals surface area contributed by atoms with Gasteiger partial charge < -0.3 is 15.4 Å². The SMILES string of the molecule is N#Cc1cc(NC(=O)c2ccc(F)c3c2CC[C@@H]3NC(=O)OCc2ccccn2)ccc1F. The van der Waals surface area contributed by atoms with Crippen LogP contribution in [0.25, 0.3) is 0 Å². The maximum atomic E-state index is 14.6. The van der Waals surface area contributed by atoms with Crippen LogP contribution in [-0.2, 0) is 17.8 Å². The molecule has 33 heavy (non-hydrogen) atoms. The summed E-state index contributed by atoms with van der Waals surface area (Å²) < 4.78 is 33.3. The summed E-state index contributed by atoms with van der Waals surface area (Å²) in [4.78, 5) is 29.1. The Bertz CT molecular complexity index is 1260. The highest BCUT2D eigenvalue weighted by atomic mass is 19.1. The van der Waals surface area contributed by atoms with Crippen molar-refractivity contribution in [3.05, 3.63) is 94.3 Å². The molecule has 1 atom stereocenters. The molecule has 2 aromatic carbocycles. The minimum absolute atomic E-state index is 0.0282. The molecule has 1 aliphatic rings. The van der Waals surface area contributed by atoms with Crippen molar-refractivity contribution in [2.45, 2.75) is 25.5 Å². The number of carbonyl (C=O) groups is 2. The molecule has 0 aliphatic heterocycles. The van der Waals surface area contributed by atoms with E-state index < -0.39 is 29.7 Å². The smallest absolute Gasteiger partial charge is 0.408 e. The average molecular weight is 448 g/mol. The molecule has 0 radical (unpaired) electrons. The number of aromatic nitrogens is 1. The molecule has 3 aromatic rings. The van der Waals surface area contributed by atoms with E-state index in [0.717, 1.165) is 6.07 Å². The number of ether oxygens (including phenoxy) is 1. The van der Waals surface area contributed by atoms with Gasteiger partial charge in [0, 0.05) is 23.0 Å². The van der Waals surface area contributed by atoms with Gasteiger partial charge in [-0.05, 0) is 60.9 Å². The second-order valence-corrected chi connectivity index (χ2v) is 7.38. The van der Waals surface area contributed by atoms with Gasteiger partial charge in [-0.1, -0.05) is 6.07 Å². The highest BCUT2D eigenvalue weighted by molar-refractivity contribution is 6.05. The van der Waals surface area contributed by atoms with Gasteiger partial charge in [0.1, 0.15) is 24.3 Å². The summed E-state index contributed by atoms with van der Waals surface area (Å²) in [5.41, 5.74) is 1.55. The largest absolute Gasteiger partial charge is 0.443 e. The van der Waals surface area contributed by atoms with Crippen molar-refractivity contribution in [3.63, 3.8) is 0 Å². The van der Waals surface area contributed by atoms with Gasteiger partial charge in [-0.3, -0.25) is 9.78 Å². The Morgan fingerprint density at radius 2 is 1.97 bits per heavy atom. The second-order valence-electron chi connectivity index (χ2n) is 7.38. The minimum atomic E-state index is -0.719. The summed E-state index contributed by atoms with van der Waals surface area (Å²) in [6.07, 6.45) is 1.62. The minimum Gasteiger partial charge on any atom is -0.443 e. The fourth-order valence-corrected chi connectivity index (χ4v) is 3.77. The number of nitrogens with zero attached hydrogens (tertiary/aromatic N) is 2. The number of anilines is 1. The van der Waals surface area contributed by atoms with Crippen LogP contribution in [0.1, 0.15) is 45.2 Å². The van der Waals surface area contributed by atoms with Crippen molar-refractivity contribution >= 4 is 17.7 Å². The zero-order chi connectivity index (χ0) is 23.4. The molecule has 9 heteroatoms. The van der Waals surface area contributed by atoms with E-state index >= 15 is 0 Å². The van der Waals surface area contributed by atoms with Crippen molar-refractivity contribution in [1.82, 2.24) is 10.3 Å². The van der Waals surface area contributed by atoms with Crippen LogP contribution in [0.15, 0.2) is 54.7 Å². The molecule has 2 amide bonds. The van der Waals surface area contributed by atoms with Gasteiger partial charge in [-0.15, -0.1) is 0 Å². The topological polar surface area (TPSA) is 104 Å².